The Kier molecular flexibility index (Phi) is 5.93. The van der Waals surface area contributed by atoms with E-state index in [-0.39, 0.29) is 5.92 Å². The first-order valence-corrected chi connectivity index (χ1v) is 7.17. The fourth-order valence-electron chi connectivity index (χ4n) is 1.92. The largest absolute Gasteiger partial charge is 0.452 e. The summed E-state index contributed by atoms with van der Waals surface area (Å²) >= 11 is 0. The minimum atomic E-state index is -0.992. The van der Waals surface area contributed by atoms with Gasteiger partial charge in [-0.15, -0.1) is 0 Å². The Bertz CT molecular complexity index is 437. The maximum atomic E-state index is 11.9. The monoisotopic (exact) mass is 296 g/mol. The Labute approximate surface area is 125 Å². The van der Waals surface area contributed by atoms with Crippen molar-refractivity contribution in [2.75, 3.05) is 0 Å². The number of esters is 1. The number of imide groups is 1. The van der Waals surface area contributed by atoms with Gasteiger partial charge in [0.1, 0.15) is 0 Å². The van der Waals surface area contributed by atoms with E-state index >= 15 is 0 Å². The van der Waals surface area contributed by atoms with Crippen molar-refractivity contribution in [1.29, 1.82) is 0 Å². The Hall–Kier alpha value is -1.85. The molecule has 0 aromatic heterocycles. The highest BCUT2D eigenvalue weighted by Crippen LogP contribution is 2.20. The first kappa shape index (κ1) is 17.2. The quantitative estimate of drug-likeness (QED) is 0.615. The maximum absolute atomic E-state index is 11.9. The molecule has 0 aliphatic heterocycles. The molecule has 21 heavy (non-hydrogen) atoms. The average Bonchev–Trinajstić information content (AvgIpc) is 2.37. The molecule has 0 saturated carbocycles. The van der Waals surface area contributed by atoms with Gasteiger partial charge in [0.25, 0.3) is 5.91 Å². The van der Waals surface area contributed by atoms with E-state index in [1.54, 1.807) is 20.8 Å². The molecular weight excluding hydrogens is 272 g/mol. The zero-order valence-electron chi connectivity index (χ0n) is 13.1. The molecule has 0 aromatic carbocycles. The molecule has 118 valence electrons. The first-order chi connectivity index (χ1) is 9.69. The summed E-state index contributed by atoms with van der Waals surface area (Å²) in [4.78, 5) is 35.3. The number of nitrogens with one attached hydrogen (secondary N) is 2. The van der Waals surface area contributed by atoms with Crippen LogP contribution in [0.4, 0.5) is 4.79 Å². The zero-order chi connectivity index (χ0) is 16.0. The zero-order valence-corrected chi connectivity index (χ0v) is 13.1. The summed E-state index contributed by atoms with van der Waals surface area (Å²) in [7, 11) is 0. The molecule has 2 atom stereocenters. The van der Waals surface area contributed by atoms with E-state index in [9.17, 15) is 14.4 Å². The molecule has 1 rings (SSSR count). The predicted octanol–water partition coefficient (Wildman–Crippen LogP) is 1.90. The smallest absolute Gasteiger partial charge is 0.321 e. The van der Waals surface area contributed by atoms with Crippen molar-refractivity contribution in [1.82, 2.24) is 10.6 Å². The Balaban J connectivity index is 2.42. The molecule has 0 fully saturated rings. The fraction of sp³-hybridized carbons (Fsp3) is 0.667. The van der Waals surface area contributed by atoms with E-state index < -0.39 is 29.6 Å². The number of ether oxygens (including phenoxy) is 1. The summed E-state index contributed by atoms with van der Waals surface area (Å²) in [5.74, 6) is -1.22. The molecule has 6 nitrogen and oxygen atoms in total. The van der Waals surface area contributed by atoms with Gasteiger partial charge in [-0.3, -0.25) is 14.9 Å². The van der Waals surface area contributed by atoms with Crippen LogP contribution in [0.15, 0.2) is 12.2 Å². The minimum Gasteiger partial charge on any atom is -0.452 e. The number of carbonyl (C=O) groups excluding carboxylic acids is 3. The van der Waals surface area contributed by atoms with Crippen LogP contribution in [-0.4, -0.2) is 29.6 Å². The lowest BCUT2D eigenvalue weighted by Gasteiger charge is -2.22. The highest BCUT2D eigenvalue weighted by molar-refractivity contribution is 5.97. The summed E-state index contributed by atoms with van der Waals surface area (Å²) in [6.45, 7) is 6.86. The lowest BCUT2D eigenvalue weighted by atomic mass is 9.95. The molecule has 6 heteroatoms. The van der Waals surface area contributed by atoms with Gasteiger partial charge in [-0.1, -0.05) is 12.2 Å². The van der Waals surface area contributed by atoms with Gasteiger partial charge in [-0.2, -0.15) is 0 Å². The second kappa shape index (κ2) is 7.24. The molecule has 0 saturated heterocycles. The molecule has 0 radical (unpaired) electrons. The van der Waals surface area contributed by atoms with Crippen molar-refractivity contribution in [2.24, 2.45) is 5.92 Å². The van der Waals surface area contributed by atoms with Crippen molar-refractivity contribution in [2.45, 2.75) is 58.6 Å². The van der Waals surface area contributed by atoms with Gasteiger partial charge in [0.2, 0.25) is 0 Å². The second-order valence-corrected chi connectivity index (χ2v) is 6.25. The van der Waals surface area contributed by atoms with E-state index in [0.29, 0.717) is 6.42 Å². The SMILES string of the molecule is C[C@H](OC(=O)[C@H]1CC=CCC1)C(=O)NC(=O)NC(C)(C)C. The number of urea groups is 1. The van der Waals surface area contributed by atoms with Crippen LogP contribution < -0.4 is 10.6 Å². The van der Waals surface area contributed by atoms with Crippen molar-refractivity contribution >= 4 is 17.9 Å². The molecular formula is C15H24N2O4. The standard InChI is InChI=1S/C15H24N2O4/c1-10(12(18)16-14(20)17-15(2,3)4)21-13(19)11-8-6-5-7-9-11/h5-6,10-11H,7-9H2,1-4H3,(H2,16,17,18,20)/t10-,11-/m0/s1. The molecule has 0 unspecified atom stereocenters. The minimum absolute atomic E-state index is 0.200. The van der Waals surface area contributed by atoms with Crippen LogP contribution in [0.2, 0.25) is 0 Å². The number of allylic oxidation sites excluding steroid dienone is 2. The van der Waals surface area contributed by atoms with Gasteiger partial charge in [0.05, 0.1) is 5.92 Å². The van der Waals surface area contributed by atoms with E-state index in [1.165, 1.54) is 6.92 Å². The summed E-state index contributed by atoms with van der Waals surface area (Å²) in [6.07, 6.45) is 5.18. The van der Waals surface area contributed by atoms with E-state index in [0.717, 1.165) is 12.8 Å². The third kappa shape index (κ3) is 6.42. The summed E-state index contributed by atoms with van der Waals surface area (Å²) in [6, 6.07) is -0.601. The van der Waals surface area contributed by atoms with Crippen molar-refractivity contribution in [3.8, 4) is 0 Å². The average molecular weight is 296 g/mol. The van der Waals surface area contributed by atoms with Crippen LogP contribution in [0, 0.1) is 5.92 Å². The summed E-state index contributed by atoms with van der Waals surface area (Å²) in [5, 5.41) is 4.77. The third-order valence-corrected chi connectivity index (χ3v) is 2.99. The van der Waals surface area contributed by atoms with Gasteiger partial charge in [-0.25, -0.2) is 4.79 Å². The molecule has 0 spiro atoms. The highest BCUT2D eigenvalue weighted by Gasteiger charge is 2.26. The van der Waals surface area contributed by atoms with Crippen molar-refractivity contribution in [3.05, 3.63) is 12.2 Å². The topological polar surface area (TPSA) is 84.5 Å². The number of rotatable bonds is 3. The Morgan fingerprint density at radius 3 is 2.43 bits per heavy atom. The maximum Gasteiger partial charge on any atom is 0.321 e. The molecule has 0 heterocycles. The normalized spacial score (nSPS) is 19.5. The van der Waals surface area contributed by atoms with Gasteiger partial charge in [-0.05, 0) is 47.0 Å². The van der Waals surface area contributed by atoms with E-state index in [1.807, 2.05) is 12.2 Å². The molecule has 3 amide bonds. The van der Waals surface area contributed by atoms with E-state index in [4.69, 9.17) is 4.74 Å². The third-order valence-electron chi connectivity index (χ3n) is 2.99. The van der Waals surface area contributed by atoms with Crippen molar-refractivity contribution in [3.63, 3.8) is 0 Å². The molecule has 0 aromatic rings. The second-order valence-electron chi connectivity index (χ2n) is 6.25. The lowest BCUT2D eigenvalue weighted by molar-refractivity contribution is -0.158. The van der Waals surface area contributed by atoms with E-state index in [2.05, 4.69) is 10.6 Å². The van der Waals surface area contributed by atoms with Gasteiger partial charge < -0.3 is 10.1 Å². The number of carbonyl (C=O) groups is 3. The van der Waals surface area contributed by atoms with Crippen LogP contribution >= 0.6 is 0 Å². The fourth-order valence-corrected chi connectivity index (χ4v) is 1.92. The Morgan fingerprint density at radius 1 is 1.24 bits per heavy atom. The van der Waals surface area contributed by atoms with Crippen LogP contribution in [0.25, 0.3) is 0 Å². The Morgan fingerprint density at radius 2 is 1.90 bits per heavy atom. The lowest BCUT2D eigenvalue weighted by Crippen LogP contribution is -2.50. The number of hydrogen-bond acceptors (Lipinski definition) is 4. The molecule has 1 aliphatic carbocycles. The predicted molar refractivity (Wildman–Crippen MR) is 78.5 cm³/mol. The number of amides is 3. The number of hydrogen-bond donors (Lipinski definition) is 2. The van der Waals surface area contributed by atoms with Crippen LogP contribution in [-0.2, 0) is 14.3 Å². The van der Waals surface area contributed by atoms with Gasteiger partial charge in [0.15, 0.2) is 6.10 Å². The van der Waals surface area contributed by atoms with Crippen molar-refractivity contribution < 1.29 is 19.1 Å². The van der Waals surface area contributed by atoms with Gasteiger partial charge >= 0.3 is 12.0 Å². The van der Waals surface area contributed by atoms with Crippen LogP contribution in [0.3, 0.4) is 0 Å². The molecule has 2 N–H and O–H groups in total. The molecule has 0 bridgehead atoms. The van der Waals surface area contributed by atoms with Crippen LogP contribution in [0.1, 0.15) is 47.0 Å². The summed E-state index contributed by atoms with van der Waals surface area (Å²) < 4.78 is 5.12. The summed E-state index contributed by atoms with van der Waals surface area (Å²) in [5.41, 5.74) is -0.446. The highest BCUT2D eigenvalue weighted by atomic mass is 16.5. The van der Waals surface area contributed by atoms with Crippen LogP contribution in [0.5, 0.6) is 0 Å². The van der Waals surface area contributed by atoms with Gasteiger partial charge in [0, 0.05) is 5.54 Å². The first-order valence-electron chi connectivity index (χ1n) is 7.17. The molecule has 1 aliphatic rings.